The van der Waals surface area contributed by atoms with Crippen LogP contribution in [-0.4, -0.2) is 29.8 Å². The molecule has 1 unspecified atom stereocenters. The summed E-state index contributed by atoms with van der Waals surface area (Å²) in [5, 5.41) is 0. The first-order valence-electron chi connectivity index (χ1n) is 7.58. The van der Waals surface area contributed by atoms with Crippen molar-refractivity contribution in [1.82, 2.24) is 4.90 Å². The van der Waals surface area contributed by atoms with Crippen molar-refractivity contribution in [2.45, 2.75) is 45.2 Å². The minimum absolute atomic E-state index is 0.0361. The average Bonchev–Trinajstić information content (AvgIpc) is 3.20. The molecule has 2 saturated carbocycles. The van der Waals surface area contributed by atoms with Gasteiger partial charge in [-0.2, -0.15) is 0 Å². The Labute approximate surface area is 131 Å². The number of aryl methyl sites for hydroxylation is 1. The molecule has 2 fully saturated rings. The molecular weight excluding hydrogens is 286 g/mol. The number of hydrogen-bond donors (Lipinski definition) is 0. The van der Waals surface area contributed by atoms with Gasteiger partial charge in [-0.15, -0.1) is 11.6 Å². The number of nitrogens with zero attached hydrogens (tertiary/aromatic N) is 1. The largest absolute Gasteiger partial charge is 0.496 e. The molecule has 0 bridgehead atoms. The Hall–Kier alpha value is -1.22. The number of halogens is 1. The smallest absolute Gasteiger partial charge is 0.238 e. The fraction of sp³-hybridized carbons (Fsp3) is 0.588. The van der Waals surface area contributed by atoms with Crippen LogP contribution >= 0.6 is 11.6 Å². The van der Waals surface area contributed by atoms with Gasteiger partial charge in [0.05, 0.1) is 7.11 Å². The lowest BCUT2D eigenvalue weighted by Gasteiger charge is -2.32. The molecule has 0 saturated heterocycles. The summed E-state index contributed by atoms with van der Waals surface area (Å²) in [6, 6.07) is 6.48. The monoisotopic (exact) mass is 307 g/mol. The molecule has 1 amide bonds. The van der Waals surface area contributed by atoms with E-state index < -0.39 is 0 Å². The standard InChI is InChI=1S/C17H22ClNO2/c1-12-4-5-14(21-2)13(8-12)11-19(16(20)10-18)15-9-17(15)6-3-7-17/h4-5,8,15H,3,6-7,9-11H2,1-2H3. The summed E-state index contributed by atoms with van der Waals surface area (Å²) < 4.78 is 5.44. The highest BCUT2D eigenvalue weighted by atomic mass is 35.5. The Morgan fingerprint density at radius 2 is 2.24 bits per heavy atom. The predicted octanol–water partition coefficient (Wildman–Crippen LogP) is 3.51. The molecule has 4 heteroatoms. The van der Waals surface area contributed by atoms with E-state index in [1.54, 1.807) is 7.11 Å². The van der Waals surface area contributed by atoms with Crippen molar-refractivity contribution < 1.29 is 9.53 Å². The Morgan fingerprint density at radius 3 is 2.76 bits per heavy atom. The van der Waals surface area contributed by atoms with Crippen LogP contribution in [0.2, 0.25) is 0 Å². The maximum atomic E-state index is 12.3. The number of benzene rings is 1. The van der Waals surface area contributed by atoms with Crippen molar-refractivity contribution in [3.63, 3.8) is 0 Å². The quantitative estimate of drug-likeness (QED) is 0.779. The molecule has 0 radical (unpaired) electrons. The highest BCUT2D eigenvalue weighted by molar-refractivity contribution is 6.27. The summed E-state index contributed by atoms with van der Waals surface area (Å²) in [6.45, 7) is 2.66. The van der Waals surface area contributed by atoms with Gasteiger partial charge in [0.15, 0.2) is 0 Å². The van der Waals surface area contributed by atoms with Crippen LogP contribution in [0.3, 0.4) is 0 Å². The number of rotatable bonds is 5. The third kappa shape index (κ3) is 2.64. The molecule has 1 spiro atoms. The van der Waals surface area contributed by atoms with Crippen LogP contribution in [0.5, 0.6) is 5.75 Å². The predicted molar refractivity (Wildman–Crippen MR) is 83.7 cm³/mol. The van der Waals surface area contributed by atoms with E-state index in [0.717, 1.165) is 17.7 Å². The Kier molecular flexibility index (Phi) is 3.87. The number of carbonyl (C=O) groups excluding carboxylic acids is 1. The molecule has 21 heavy (non-hydrogen) atoms. The van der Waals surface area contributed by atoms with Gasteiger partial charge >= 0.3 is 0 Å². The highest BCUT2D eigenvalue weighted by Gasteiger charge is 2.60. The first-order chi connectivity index (χ1) is 10.1. The number of hydrogen-bond acceptors (Lipinski definition) is 2. The summed E-state index contributed by atoms with van der Waals surface area (Å²) in [5.41, 5.74) is 2.66. The zero-order valence-electron chi connectivity index (χ0n) is 12.7. The van der Waals surface area contributed by atoms with Gasteiger partial charge in [0.25, 0.3) is 0 Å². The number of alkyl halides is 1. The van der Waals surface area contributed by atoms with E-state index in [1.165, 1.54) is 24.8 Å². The molecule has 1 aromatic carbocycles. The molecule has 114 valence electrons. The summed E-state index contributed by atoms with van der Waals surface area (Å²) in [5.74, 6) is 0.936. The molecule has 0 aromatic heterocycles. The van der Waals surface area contributed by atoms with Crippen molar-refractivity contribution in [2.75, 3.05) is 13.0 Å². The second kappa shape index (κ2) is 5.53. The van der Waals surface area contributed by atoms with Gasteiger partial charge in [-0.05, 0) is 37.7 Å². The van der Waals surface area contributed by atoms with Crippen molar-refractivity contribution in [3.8, 4) is 5.75 Å². The SMILES string of the molecule is COc1ccc(C)cc1CN(C(=O)CCl)C1CC12CCC2. The minimum Gasteiger partial charge on any atom is -0.496 e. The second-order valence-corrected chi connectivity index (χ2v) is 6.67. The topological polar surface area (TPSA) is 29.5 Å². The Morgan fingerprint density at radius 1 is 1.48 bits per heavy atom. The van der Waals surface area contributed by atoms with E-state index in [2.05, 4.69) is 13.0 Å². The molecule has 2 aliphatic carbocycles. The third-order valence-corrected chi connectivity index (χ3v) is 5.31. The Bertz CT molecular complexity index is 554. The first-order valence-corrected chi connectivity index (χ1v) is 8.12. The van der Waals surface area contributed by atoms with Gasteiger partial charge in [-0.25, -0.2) is 0 Å². The van der Waals surface area contributed by atoms with Crippen LogP contribution in [-0.2, 0) is 11.3 Å². The van der Waals surface area contributed by atoms with Crippen LogP contribution < -0.4 is 4.74 Å². The van der Waals surface area contributed by atoms with Gasteiger partial charge in [0, 0.05) is 18.2 Å². The summed E-state index contributed by atoms with van der Waals surface area (Å²) >= 11 is 5.82. The second-order valence-electron chi connectivity index (χ2n) is 6.41. The molecule has 1 aromatic rings. The third-order valence-electron chi connectivity index (χ3n) is 5.08. The molecule has 0 N–H and O–H groups in total. The van der Waals surface area contributed by atoms with Crippen molar-refractivity contribution in [2.24, 2.45) is 5.41 Å². The fourth-order valence-corrected chi connectivity index (χ4v) is 3.75. The summed E-state index contributed by atoms with van der Waals surface area (Å²) in [4.78, 5) is 14.2. The zero-order valence-corrected chi connectivity index (χ0v) is 13.4. The van der Waals surface area contributed by atoms with Gasteiger partial charge in [0.2, 0.25) is 5.91 Å². The normalized spacial score (nSPS) is 21.8. The van der Waals surface area contributed by atoms with Crippen molar-refractivity contribution in [3.05, 3.63) is 29.3 Å². The van der Waals surface area contributed by atoms with Crippen LogP contribution in [0.25, 0.3) is 0 Å². The number of methoxy groups -OCH3 is 1. The number of amides is 1. The molecule has 3 nitrogen and oxygen atoms in total. The lowest BCUT2D eigenvalue weighted by Crippen LogP contribution is -2.38. The lowest BCUT2D eigenvalue weighted by atomic mass is 9.81. The number of ether oxygens (including phenoxy) is 1. The van der Waals surface area contributed by atoms with Crippen LogP contribution in [0, 0.1) is 12.3 Å². The first kappa shape index (κ1) is 14.7. The van der Waals surface area contributed by atoms with Gasteiger partial charge in [-0.3, -0.25) is 4.79 Å². The maximum Gasteiger partial charge on any atom is 0.238 e. The van der Waals surface area contributed by atoms with Crippen LogP contribution in [0.15, 0.2) is 18.2 Å². The van der Waals surface area contributed by atoms with E-state index in [4.69, 9.17) is 16.3 Å². The van der Waals surface area contributed by atoms with Crippen molar-refractivity contribution in [1.29, 1.82) is 0 Å². The molecule has 0 aliphatic heterocycles. The molecule has 0 heterocycles. The maximum absolute atomic E-state index is 12.3. The van der Waals surface area contributed by atoms with E-state index in [0.29, 0.717) is 18.0 Å². The van der Waals surface area contributed by atoms with Gasteiger partial charge in [-0.1, -0.05) is 24.1 Å². The summed E-state index contributed by atoms with van der Waals surface area (Å²) in [6.07, 6.45) is 4.96. The molecular formula is C17H22ClNO2. The fourth-order valence-electron chi connectivity index (χ4n) is 3.60. The van der Waals surface area contributed by atoms with E-state index in [1.807, 2.05) is 17.0 Å². The molecule has 1 atom stereocenters. The van der Waals surface area contributed by atoms with E-state index in [-0.39, 0.29) is 11.8 Å². The van der Waals surface area contributed by atoms with E-state index >= 15 is 0 Å². The zero-order chi connectivity index (χ0) is 15.0. The summed E-state index contributed by atoms with van der Waals surface area (Å²) in [7, 11) is 1.67. The molecule has 2 aliphatic rings. The van der Waals surface area contributed by atoms with E-state index in [9.17, 15) is 4.79 Å². The average molecular weight is 308 g/mol. The van der Waals surface area contributed by atoms with Crippen molar-refractivity contribution >= 4 is 17.5 Å². The number of carbonyl (C=O) groups is 1. The van der Waals surface area contributed by atoms with Crippen LogP contribution in [0.1, 0.15) is 36.8 Å². The van der Waals surface area contributed by atoms with Gasteiger partial charge in [0.1, 0.15) is 11.6 Å². The lowest BCUT2D eigenvalue weighted by molar-refractivity contribution is -0.130. The molecule has 3 rings (SSSR count). The Balaban J connectivity index is 1.82. The minimum atomic E-state index is 0.0361. The van der Waals surface area contributed by atoms with Gasteiger partial charge < -0.3 is 9.64 Å². The highest BCUT2D eigenvalue weighted by Crippen LogP contribution is 2.63. The van der Waals surface area contributed by atoms with Crippen LogP contribution in [0.4, 0.5) is 0 Å².